The fraction of sp³-hybridized carbons (Fsp3) is 0.364. The molecule has 1 aromatic rings. The first-order valence-corrected chi connectivity index (χ1v) is 5.28. The number of carbonyl (C=O) groups excluding carboxylic acids is 1. The lowest BCUT2D eigenvalue weighted by molar-refractivity contribution is -0.151. The minimum absolute atomic E-state index is 0.164. The Bertz CT molecular complexity index is 413. The van der Waals surface area contributed by atoms with Gasteiger partial charge in [-0.25, -0.2) is 4.79 Å². The molecule has 0 aliphatic rings. The third kappa shape index (κ3) is 3.49. The molecule has 1 atom stereocenters. The zero-order chi connectivity index (χ0) is 13.5. The first-order valence-electron chi connectivity index (χ1n) is 5.28. The summed E-state index contributed by atoms with van der Waals surface area (Å²) in [7, 11) is 0. The molecule has 0 aliphatic carbocycles. The molecule has 98 valence electrons. The number of hydrogen-bond donors (Lipinski definition) is 1. The maximum Gasteiger partial charge on any atom is 0.331 e. The summed E-state index contributed by atoms with van der Waals surface area (Å²) < 4.78 is 18.5. The molecule has 1 amide bonds. The Morgan fingerprint density at radius 1 is 1.56 bits per heavy atom. The van der Waals surface area contributed by atoms with Crippen LogP contribution in [0.25, 0.3) is 0 Å². The summed E-state index contributed by atoms with van der Waals surface area (Å²) in [5.41, 5.74) is -0.164. The molecule has 0 fully saturated rings. The van der Waals surface area contributed by atoms with Crippen molar-refractivity contribution in [1.29, 1.82) is 0 Å². The molecule has 1 heterocycles. The molecule has 0 saturated carbocycles. The van der Waals surface area contributed by atoms with Crippen LogP contribution >= 0.6 is 0 Å². The molecule has 1 rings (SSSR count). The standard InChI is InChI=1S/C11H13FN2O4/c1-2-18-7-9(11(16)17)14(12)10(15)8-5-3-4-6-13-8/h3-6,9H,2,7H2,1H3,(H,16,17). The van der Waals surface area contributed by atoms with Gasteiger partial charge in [0.1, 0.15) is 5.69 Å². The molecule has 7 heteroatoms. The summed E-state index contributed by atoms with van der Waals surface area (Å²) in [6.07, 6.45) is 1.32. The van der Waals surface area contributed by atoms with Crippen LogP contribution in [0.15, 0.2) is 24.4 Å². The van der Waals surface area contributed by atoms with Gasteiger partial charge in [-0.1, -0.05) is 10.5 Å². The van der Waals surface area contributed by atoms with Gasteiger partial charge in [0.15, 0.2) is 6.04 Å². The summed E-state index contributed by atoms with van der Waals surface area (Å²) in [6, 6.07) is 2.69. The van der Waals surface area contributed by atoms with Gasteiger partial charge in [-0.2, -0.15) is 5.12 Å². The van der Waals surface area contributed by atoms with Crippen molar-refractivity contribution in [3.8, 4) is 0 Å². The van der Waals surface area contributed by atoms with Crippen LogP contribution in [0.3, 0.4) is 0 Å². The number of carboxylic acid groups (broad SMARTS) is 1. The third-order valence-electron chi connectivity index (χ3n) is 2.12. The van der Waals surface area contributed by atoms with Crippen molar-refractivity contribution in [2.24, 2.45) is 0 Å². The molecule has 0 bridgehead atoms. The Morgan fingerprint density at radius 3 is 2.78 bits per heavy atom. The van der Waals surface area contributed by atoms with Crippen LogP contribution in [0.1, 0.15) is 17.4 Å². The Labute approximate surface area is 103 Å². The van der Waals surface area contributed by atoms with Gasteiger partial charge in [-0.05, 0) is 19.1 Å². The SMILES string of the molecule is CCOCC(C(=O)O)N(F)C(=O)c1ccccn1. The minimum atomic E-state index is -1.68. The van der Waals surface area contributed by atoms with Gasteiger partial charge < -0.3 is 9.84 Å². The third-order valence-corrected chi connectivity index (χ3v) is 2.12. The zero-order valence-electron chi connectivity index (χ0n) is 9.75. The molecular formula is C11H13FN2O4. The van der Waals surface area contributed by atoms with Gasteiger partial charge in [0.2, 0.25) is 0 Å². The number of rotatable bonds is 6. The van der Waals surface area contributed by atoms with Gasteiger partial charge in [0.25, 0.3) is 0 Å². The Hall–Kier alpha value is -2.02. The quantitative estimate of drug-likeness (QED) is 0.765. The predicted octanol–water partition coefficient (Wildman–Crippen LogP) is 0.898. The van der Waals surface area contributed by atoms with E-state index in [1.54, 1.807) is 13.0 Å². The first-order chi connectivity index (χ1) is 8.57. The summed E-state index contributed by atoms with van der Waals surface area (Å²) in [5, 5.41) is 8.46. The molecule has 6 nitrogen and oxygen atoms in total. The Balaban J connectivity index is 2.80. The van der Waals surface area contributed by atoms with Gasteiger partial charge in [-0.3, -0.25) is 9.78 Å². The highest BCUT2D eigenvalue weighted by atomic mass is 19.2. The van der Waals surface area contributed by atoms with Crippen LogP contribution in [0.2, 0.25) is 0 Å². The molecule has 0 aliphatic heterocycles. The second-order valence-corrected chi connectivity index (χ2v) is 3.34. The molecular weight excluding hydrogens is 243 g/mol. The topological polar surface area (TPSA) is 79.7 Å². The van der Waals surface area contributed by atoms with E-state index in [4.69, 9.17) is 9.84 Å². The number of aromatic nitrogens is 1. The molecule has 1 aromatic heterocycles. The van der Waals surface area contributed by atoms with Gasteiger partial charge in [0, 0.05) is 12.8 Å². The van der Waals surface area contributed by atoms with E-state index in [1.807, 2.05) is 0 Å². The number of nitrogens with zero attached hydrogens (tertiary/aromatic N) is 2. The van der Waals surface area contributed by atoms with E-state index in [0.717, 1.165) is 0 Å². The van der Waals surface area contributed by atoms with Gasteiger partial charge in [0.05, 0.1) is 6.61 Å². The summed E-state index contributed by atoms with van der Waals surface area (Å²) in [4.78, 5) is 26.1. The first kappa shape index (κ1) is 14.0. The smallest absolute Gasteiger partial charge is 0.331 e. The second kappa shape index (κ2) is 6.65. The second-order valence-electron chi connectivity index (χ2n) is 3.34. The van der Waals surface area contributed by atoms with Crippen molar-refractivity contribution >= 4 is 11.9 Å². The number of ether oxygens (including phenoxy) is 1. The van der Waals surface area contributed by atoms with E-state index in [2.05, 4.69) is 4.98 Å². The average Bonchev–Trinajstić information content (AvgIpc) is 2.38. The predicted molar refractivity (Wildman–Crippen MR) is 59.4 cm³/mol. The van der Waals surface area contributed by atoms with Crippen LogP contribution in [-0.4, -0.2) is 46.3 Å². The van der Waals surface area contributed by atoms with E-state index < -0.39 is 24.5 Å². The molecule has 0 spiro atoms. The molecule has 1 unspecified atom stereocenters. The maximum atomic E-state index is 13.7. The van der Waals surface area contributed by atoms with Crippen molar-refractivity contribution < 1.29 is 23.9 Å². The largest absolute Gasteiger partial charge is 0.480 e. The zero-order valence-corrected chi connectivity index (χ0v) is 9.75. The summed E-state index contributed by atoms with van der Waals surface area (Å²) in [5.74, 6) is -2.59. The van der Waals surface area contributed by atoms with E-state index in [1.165, 1.54) is 18.3 Å². The number of halogens is 1. The maximum absolute atomic E-state index is 13.7. The van der Waals surface area contributed by atoms with Crippen molar-refractivity contribution in [1.82, 2.24) is 10.1 Å². The fourth-order valence-corrected chi connectivity index (χ4v) is 1.20. The monoisotopic (exact) mass is 256 g/mol. The highest BCUT2D eigenvalue weighted by molar-refractivity contribution is 5.94. The van der Waals surface area contributed by atoms with E-state index in [-0.39, 0.29) is 17.4 Å². The lowest BCUT2D eigenvalue weighted by Crippen LogP contribution is -2.43. The van der Waals surface area contributed by atoms with Crippen molar-refractivity contribution in [2.45, 2.75) is 13.0 Å². The van der Waals surface area contributed by atoms with Gasteiger partial charge in [-0.15, -0.1) is 0 Å². The normalized spacial score (nSPS) is 11.9. The number of hydrogen-bond acceptors (Lipinski definition) is 4. The molecule has 0 radical (unpaired) electrons. The van der Waals surface area contributed by atoms with Crippen molar-refractivity contribution in [3.05, 3.63) is 30.1 Å². The lowest BCUT2D eigenvalue weighted by atomic mass is 10.2. The van der Waals surface area contributed by atoms with E-state index >= 15 is 0 Å². The lowest BCUT2D eigenvalue weighted by Gasteiger charge is -2.19. The van der Waals surface area contributed by atoms with E-state index in [9.17, 15) is 14.1 Å². The number of carboxylic acids is 1. The minimum Gasteiger partial charge on any atom is -0.480 e. The van der Waals surface area contributed by atoms with Crippen molar-refractivity contribution in [3.63, 3.8) is 0 Å². The van der Waals surface area contributed by atoms with Crippen LogP contribution < -0.4 is 0 Å². The Morgan fingerprint density at radius 2 is 2.28 bits per heavy atom. The molecule has 18 heavy (non-hydrogen) atoms. The molecule has 1 N–H and O–H groups in total. The molecule has 0 aromatic carbocycles. The molecule has 0 saturated heterocycles. The Kier molecular flexibility index (Phi) is 5.19. The van der Waals surface area contributed by atoms with Crippen LogP contribution in [0.5, 0.6) is 0 Å². The number of aliphatic carboxylic acids is 1. The number of amides is 1. The summed E-state index contributed by atoms with van der Waals surface area (Å²) >= 11 is 0. The van der Waals surface area contributed by atoms with Crippen molar-refractivity contribution in [2.75, 3.05) is 13.2 Å². The fourth-order valence-electron chi connectivity index (χ4n) is 1.20. The average molecular weight is 256 g/mol. The van der Waals surface area contributed by atoms with E-state index in [0.29, 0.717) is 0 Å². The van der Waals surface area contributed by atoms with Crippen LogP contribution in [0.4, 0.5) is 4.48 Å². The van der Waals surface area contributed by atoms with Crippen LogP contribution in [-0.2, 0) is 9.53 Å². The highest BCUT2D eigenvalue weighted by Crippen LogP contribution is 2.08. The van der Waals surface area contributed by atoms with Crippen LogP contribution in [0, 0.1) is 0 Å². The summed E-state index contributed by atoms with van der Waals surface area (Å²) in [6.45, 7) is 1.46. The highest BCUT2D eigenvalue weighted by Gasteiger charge is 2.31. The van der Waals surface area contributed by atoms with Gasteiger partial charge >= 0.3 is 11.9 Å². The number of carbonyl (C=O) groups is 2. The number of pyridine rings is 1.